The van der Waals surface area contributed by atoms with Crippen molar-refractivity contribution in [3.63, 3.8) is 0 Å². The van der Waals surface area contributed by atoms with Gasteiger partial charge in [0.05, 0.1) is 11.4 Å². The van der Waals surface area contributed by atoms with Crippen LogP contribution in [0.5, 0.6) is 0 Å². The molecule has 2 aromatic heterocycles. The van der Waals surface area contributed by atoms with E-state index in [1.54, 1.807) is 0 Å². The van der Waals surface area contributed by atoms with Crippen LogP contribution < -0.4 is 0 Å². The maximum absolute atomic E-state index is 6.29. The Morgan fingerprint density at radius 2 is 0.735 bits per heavy atom. The molecule has 9 rings (SSSR count). The van der Waals surface area contributed by atoms with Crippen molar-refractivity contribution in [3.8, 4) is 67.3 Å². The Morgan fingerprint density at radius 1 is 0.286 bits per heavy atom. The molecule has 9 aromatic rings. The van der Waals surface area contributed by atoms with Crippen molar-refractivity contribution < 1.29 is 4.42 Å². The molecule has 2 heterocycles. The molecule has 7 aromatic carbocycles. The summed E-state index contributed by atoms with van der Waals surface area (Å²) in [5.41, 5.74) is 13.2. The second-order valence-corrected chi connectivity index (χ2v) is 12.2. The van der Waals surface area contributed by atoms with E-state index < -0.39 is 0 Å². The molecule has 0 aliphatic heterocycles. The molecule has 0 saturated heterocycles. The first kappa shape index (κ1) is 28.6. The first-order valence-corrected chi connectivity index (χ1v) is 16.5. The van der Waals surface area contributed by atoms with Crippen molar-refractivity contribution in [1.29, 1.82) is 0 Å². The van der Waals surface area contributed by atoms with Crippen molar-refractivity contribution >= 4 is 21.9 Å². The van der Waals surface area contributed by atoms with Crippen LogP contribution in [0.15, 0.2) is 186 Å². The number of aromatic nitrogens is 2. The number of para-hydroxylation sites is 1. The van der Waals surface area contributed by atoms with Crippen molar-refractivity contribution in [3.05, 3.63) is 182 Å². The van der Waals surface area contributed by atoms with E-state index in [9.17, 15) is 0 Å². The van der Waals surface area contributed by atoms with Gasteiger partial charge in [-0.15, -0.1) is 0 Å². The number of hydrogen-bond acceptors (Lipinski definition) is 3. The Balaban J connectivity index is 1.23. The van der Waals surface area contributed by atoms with Crippen LogP contribution in [0.4, 0.5) is 0 Å². The highest BCUT2D eigenvalue weighted by molar-refractivity contribution is 6.05. The summed E-state index contributed by atoms with van der Waals surface area (Å²) in [6, 6.07) is 63.3. The minimum atomic E-state index is 0.666. The summed E-state index contributed by atoms with van der Waals surface area (Å²) in [6.45, 7) is 0. The molecule has 0 aliphatic rings. The molecule has 0 spiro atoms. The zero-order chi connectivity index (χ0) is 32.6. The standard InChI is InChI=1S/C46H30N2O/c1-4-12-31(13-5-1)34-20-22-35(23-21-34)42-30-43(36-24-25-41-40-18-10-11-19-44(40)49-45(41)29-36)48-46(47-42)39-27-37(32-14-6-2-7-15-32)26-38(28-39)33-16-8-3-9-17-33/h1-30H. The Morgan fingerprint density at radius 3 is 1.37 bits per heavy atom. The van der Waals surface area contributed by atoms with E-state index in [1.165, 1.54) is 5.56 Å². The SMILES string of the molecule is c1ccc(-c2ccc(-c3cc(-c4ccc5c(c4)oc4ccccc45)nc(-c4cc(-c5ccccc5)cc(-c5ccccc5)c4)n3)cc2)cc1. The second-order valence-electron chi connectivity index (χ2n) is 12.2. The van der Waals surface area contributed by atoms with Crippen molar-refractivity contribution in [1.82, 2.24) is 9.97 Å². The minimum Gasteiger partial charge on any atom is -0.456 e. The van der Waals surface area contributed by atoms with Gasteiger partial charge in [0.25, 0.3) is 0 Å². The van der Waals surface area contributed by atoms with Gasteiger partial charge in [-0.2, -0.15) is 0 Å². The molecule has 0 atom stereocenters. The average molecular weight is 627 g/mol. The van der Waals surface area contributed by atoms with E-state index in [0.717, 1.165) is 77.8 Å². The van der Waals surface area contributed by atoms with Crippen LogP contribution in [0.25, 0.3) is 89.2 Å². The monoisotopic (exact) mass is 626 g/mol. The molecule has 0 bridgehead atoms. The molecule has 0 saturated carbocycles. The average Bonchev–Trinajstić information content (AvgIpc) is 3.57. The van der Waals surface area contributed by atoms with Gasteiger partial charge in [-0.1, -0.05) is 140 Å². The Hall–Kier alpha value is -6.58. The number of hydrogen-bond donors (Lipinski definition) is 0. The molecule has 0 aliphatic carbocycles. The molecule has 0 N–H and O–H groups in total. The highest BCUT2D eigenvalue weighted by Gasteiger charge is 2.15. The maximum atomic E-state index is 6.29. The molecular formula is C46H30N2O. The predicted molar refractivity (Wildman–Crippen MR) is 202 cm³/mol. The van der Waals surface area contributed by atoms with Crippen LogP contribution in [-0.4, -0.2) is 9.97 Å². The third-order valence-electron chi connectivity index (χ3n) is 9.09. The smallest absolute Gasteiger partial charge is 0.160 e. The second kappa shape index (κ2) is 12.2. The quantitative estimate of drug-likeness (QED) is 0.184. The normalized spacial score (nSPS) is 11.3. The van der Waals surface area contributed by atoms with Crippen LogP contribution >= 0.6 is 0 Å². The molecule has 3 heteroatoms. The summed E-state index contributed by atoms with van der Waals surface area (Å²) in [7, 11) is 0. The zero-order valence-corrected chi connectivity index (χ0v) is 26.6. The third kappa shape index (κ3) is 5.58. The fraction of sp³-hybridized carbons (Fsp3) is 0. The van der Waals surface area contributed by atoms with E-state index in [2.05, 4.69) is 146 Å². The number of fused-ring (bicyclic) bond motifs is 3. The number of benzene rings is 7. The number of nitrogens with zero attached hydrogens (tertiary/aromatic N) is 2. The first-order valence-electron chi connectivity index (χ1n) is 16.5. The molecule has 0 amide bonds. The third-order valence-corrected chi connectivity index (χ3v) is 9.09. The Bertz CT molecular complexity index is 2510. The summed E-state index contributed by atoms with van der Waals surface area (Å²) in [6.07, 6.45) is 0. The van der Waals surface area contributed by atoms with E-state index >= 15 is 0 Å². The topological polar surface area (TPSA) is 38.9 Å². The fourth-order valence-electron chi connectivity index (χ4n) is 6.57. The summed E-state index contributed by atoms with van der Waals surface area (Å²) >= 11 is 0. The Labute approximate surface area is 284 Å². The largest absolute Gasteiger partial charge is 0.456 e. The summed E-state index contributed by atoms with van der Waals surface area (Å²) < 4.78 is 6.29. The van der Waals surface area contributed by atoms with Crippen LogP contribution in [0.2, 0.25) is 0 Å². The molecule has 0 radical (unpaired) electrons. The van der Waals surface area contributed by atoms with Gasteiger partial charge in [0.15, 0.2) is 5.82 Å². The molecule has 3 nitrogen and oxygen atoms in total. The summed E-state index contributed by atoms with van der Waals surface area (Å²) in [5, 5.41) is 2.20. The van der Waals surface area contributed by atoms with Crippen molar-refractivity contribution in [2.24, 2.45) is 0 Å². The van der Waals surface area contributed by atoms with Gasteiger partial charge in [-0.3, -0.25) is 0 Å². The van der Waals surface area contributed by atoms with Gasteiger partial charge < -0.3 is 4.42 Å². The Kier molecular flexibility index (Phi) is 7.14. The van der Waals surface area contributed by atoms with Gasteiger partial charge in [-0.05, 0) is 75.8 Å². The number of furan rings is 1. The summed E-state index contributed by atoms with van der Waals surface area (Å²) in [5.74, 6) is 0.666. The minimum absolute atomic E-state index is 0.666. The van der Waals surface area contributed by atoms with E-state index in [1.807, 2.05) is 36.4 Å². The van der Waals surface area contributed by atoms with Gasteiger partial charge >= 0.3 is 0 Å². The van der Waals surface area contributed by atoms with E-state index in [4.69, 9.17) is 14.4 Å². The highest BCUT2D eigenvalue weighted by Crippen LogP contribution is 2.36. The van der Waals surface area contributed by atoms with Gasteiger partial charge in [0, 0.05) is 27.5 Å². The molecule has 49 heavy (non-hydrogen) atoms. The zero-order valence-electron chi connectivity index (χ0n) is 26.6. The first-order chi connectivity index (χ1) is 24.2. The van der Waals surface area contributed by atoms with Crippen LogP contribution in [-0.2, 0) is 0 Å². The number of rotatable bonds is 6. The van der Waals surface area contributed by atoms with Gasteiger partial charge in [0.2, 0.25) is 0 Å². The molecule has 0 fully saturated rings. The van der Waals surface area contributed by atoms with Crippen LogP contribution in [0.3, 0.4) is 0 Å². The van der Waals surface area contributed by atoms with Crippen molar-refractivity contribution in [2.75, 3.05) is 0 Å². The van der Waals surface area contributed by atoms with E-state index in [-0.39, 0.29) is 0 Å². The van der Waals surface area contributed by atoms with Gasteiger partial charge in [-0.25, -0.2) is 9.97 Å². The van der Waals surface area contributed by atoms with E-state index in [0.29, 0.717) is 5.82 Å². The lowest BCUT2D eigenvalue weighted by Crippen LogP contribution is -1.97. The lowest BCUT2D eigenvalue weighted by atomic mass is 9.95. The fourth-order valence-corrected chi connectivity index (χ4v) is 6.57. The predicted octanol–water partition coefficient (Wildman–Crippen LogP) is 12.4. The maximum Gasteiger partial charge on any atom is 0.160 e. The van der Waals surface area contributed by atoms with Crippen LogP contribution in [0, 0.1) is 0 Å². The lowest BCUT2D eigenvalue weighted by molar-refractivity contribution is 0.669. The highest BCUT2D eigenvalue weighted by atomic mass is 16.3. The van der Waals surface area contributed by atoms with Gasteiger partial charge in [0.1, 0.15) is 11.2 Å². The summed E-state index contributed by atoms with van der Waals surface area (Å²) in [4.78, 5) is 10.5. The molecule has 230 valence electrons. The van der Waals surface area contributed by atoms with Crippen LogP contribution in [0.1, 0.15) is 0 Å². The van der Waals surface area contributed by atoms with Crippen molar-refractivity contribution in [2.45, 2.75) is 0 Å². The molecule has 0 unspecified atom stereocenters. The molecular weight excluding hydrogens is 597 g/mol. The lowest BCUT2D eigenvalue weighted by Gasteiger charge is -2.13.